The van der Waals surface area contributed by atoms with Crippen LogP contribution in [0.4, 0.5) is 19.0 Å². The molecule has 1 rings (SSSR count). The van der Waals surface area contributed by atoms with Crippen LogP contribution in [0, 0.1) is 13.7 Å². The van der Waals surface area contributed by atoms with Crippen LogP contribution in [0.25, 0.3) is 0 Å². The quantitative estimate of drug-likeness (QED) is 0.479. The molecule has 0 aliphatic rings. The highest BCUT2D eigenvalue weighted by Crippen LogP contribution is 2.32. The number of alkyl halides is 3. The van der Waals surface area contributed by atoms with E-state index in [1.165, 1.54) is 22.6 Å². The summed E-state index contributed by atoms with van der Waals surface area (Å²) in [5.41, 5.74) is -0.374. The summed E-state index contributed by atoms with van der Waals surface area (Å²) in [7, 11) is 0. The van der Waals surface area contributed by atoms with E-state index in [0.29, 0.717) is 6.07 Å². The van der Waals surface area contributed by atoms with Crippen LogP contribution >= 0.6 is 22.6 Å². The molecule has 11 heteroatoms. The van der Waals surface area contributed by atoms with Crippen LogP contribution in [0.15, 0.2) is 6.07 Å². The van der Waals surface area contributed by atoms with Crippen molar-refractivity contribution in [2.24, 2.45) is 0 Å². The van der Waals surface area contributed by atoms with Gasteiger partial charge in [-0.25, -0.2) is 0 Å². The SMILES string of the molecule is O=C(O)Cc1nc([N+](=O)[O-])cc(OC(F)(F)F)c1I. The molecule has 0 spiro atoms. The third-order valence-electron chi connectivity index (χ3n) is 1.71. The van der Waals surface area contributed by atoms with Crippen molar-refractivity contribution in [2.75, 3.05) is 0 Å². The van der Waals surface area contributed by atoms with E-state index in [1.807, 2.05) is 0 Å². The van der Waals surface area contributed by atoms with Crippen LogP contribution in [0.2, 0.25) is 0 Å². The Morgan fingerprint density at radius 2 is 2.16 bits per heavy atom. The van der Waals surface area contributed by atoms with Crippen LogP contribution in [0.3, 0.4) is 0 Å². The predicted molar refractivity (Wildman–Crippen MR) is 61.6 cm³/mol. The molecule has 0 saturated carbocycles. The van der Waals surface area contributed by atoms with Gasteiger partial charge in [0.2, 0.25) is 0 Å². The van der Waals surface area contributed by atoms with Crippen LogP contribution in [-0.2, 0) is 11.2 Å². The summed E-state index contributed by atoms with van der Waals surface area (Å²) < 4.78 is 39.7. The van der Waals surface area contributed by atoms with Gasteiger partial charge in [-0.2, -0.15) is 0 Å². The van der Waals surface area contributed by atoms with Gasteiger partial charge in [-0.1, -0.05) is 0 Å². The first-order valence-corrected chi connectivity index (χ1v) is 5.49. The first kappa shape index (κ1) is 15.4. The Morgan fingerprint density at radius 1 is 1.58 bits per heavy atom. The highest BCUT2D eigenvalue weighted by Gasteiger charge is 2.34. The van der Waals surface area contributed by atoms with Crippen molar-refractivity contribution < 1.29 is 32.7 Å². The van der Waals surface area contributed by atoms with E-state index in [-0.39, 0.29) is 9.26 Å². The zero-order chi connectivity index (χ0) is 14.8. The maximum atomic E-state index is 12.1. The minimum Gasteiger partial charge on any atom is -0.481 e. The molecule has 0 aliphatic carbocycles. The zero-order valence-corrected chi connectivity index (χ0v) is 10.9. The monoisotopic (exact) mass is 392 g/mol. The molecule has 0 amide bonds. The van der Waals surface area contributed by atoms with E-state index in [0.717, 1.165) is 0 Å². The Labute approximate surface area is 116 Å². The molecule has 1 aromatic heterocycles. The molecule has 0 bridgehead atoms. The van der Waals surface area contributed by atoms with Gasteiger partial charge in [0.05, 0.1) is 6.07 Å². The van der Waals surface area contributed by atoms with Crippen molar-refractivity contribution in [3.63, 3.8) is 0 Å². The molecule has 0 radical (unpaired) electrons. The molecule has 104 valence electrons. The lowest BCUT2D eigenvalue weighted by molar-refractivity contribution is -0.389. The summed E-state index contributed by atoms with van der Waals surface area (Å²) in [5, 5.41) is 19.1. The van der Waals surface area contributed by atoms with Crippen LogP contribution in [0.5, 0.6) is 5.75 Å². The van der Waals surface area contributed by atoms with Gasteiger partial charge < -0.3 is 20.0 Å². The molecular weight excluding hydrogens is 388 g/mol. The Bertz CT molecular complexity index is 534. The first-order valence-electron chi connectivity index (χ1n) is 4.41. The number of halogens is 4. The molecule has 1 N–H and O–H groups in total. The number of ether oxygens (including phenoxy) is 1. The number of rotatable bonds is 4. The van der Waals surface area contributed by atoms with Gasteiger partial charge in [0, 0.05) is 0 Å². The average molecular weight is 392 g/mol. The smallest absolute Gasteiger partial charge is 0.481 e. The van der Waals surface area contributed by atoms with Gasteiger partial charge in [-0.3, -0.25) is 4.79 Å². The largest absolute Gasteiger partial charge is 0.573 e. The van der Waals surface area contributed by atoms with Crippen molar-refractivity contribution in [3.05, 3.63) is 25.4 Å². The highest BCUT2D eigenvalue weighted by atomic mass is 127. The minimum atomic E-state index is -5.05. The molecule has 0 unspecified atom stereocenters. The van der Waals surface area contributed by atoms with E-state index in [1.54, 1.807) is 0 Å². The average Bonchev–Trinajstić information content (AvgIpc) is 2.20. The third kappa shape index (κ3) is 4.50. The van der Waals surface area contributed by atoms with Crippen molar-refractivity contribution in [2.45, 2.75) is 12.8 Å². The van der Waals surface area contributed by atoms with E-state index >= 15 is 0 Å². The zero-order valence-electron chi connectivity index (χ0n) is 8.77. The number of nitrogens with zero attached hydrogens (tertiary/aromatic N) is 2. The van der Waals surface area contributed by atoms with Gasteiger partial charge in [0.1, 0.15) is 9.99 Å². The lowest BCUT2D eigenvalue weighted by Gasteiger charge is -2.10. The maximum absolute atomic E-state index is 12.1. The molecule has 1 heterocycles. The fraction of sp³-hybridized carbons (Fsp3) is 0.250. The number of pyridine rings is 1. The number of nitro groups is 1. The van der Waals surface area contributed by atoms with Crippen LogP contribution in [0.1, 0.15) is 5.69 Å². The fourth-order valence-electron chi connectivity index (χ4n) is 1.10. The summed E-state index contributed by atoms with van der Waals surface area (Å²) >= 11 is 1.38. The van der Waals surface area contributed by atoms with Gasteiger partial charge in [-0.05, 0) is 32.5 Å². The highest BCUT2D eigenvalue weighted by molar-refractivity contribution is 14.1. The molecule has 1 aromatic rings. The summed E-state index contributed by atoms with van der Waals surface area (Å²) in [6.45, 7) is 0. The van der Waals surface area contributed by atoms with Gasteiger partial charge >= 0.3 is 18.1 Å². The van der Waals surface area contributed by atoms with Crippen molar-refractivity contribution in [1.29, 1.82) is 0 Å². The number of hydrogen-bond acceptors (Lipinski definition) is 5. The van der Waals surface area contributed by atoms with E-state index in [2.05, 4.69) is 9.72 Å². The summed E-state index contributed by atoms with van der Waals surface area (Å²) in [4.78, 5) is 23.4. The Hall–Kier alpha value is -1.66. The molecule has 0 saturated heterocycles. The van der Waals surface area contributed by atoms with Crippen LogP contribution < -0.4 is 4.74 Å². The number of carboxylic acids is 1. The summed E-state index contributed by atoms with van der Waals surface area (Å²) in [5.74, 6) is -3.16. The van der Waals surface area contributed by atoms with Gasteiger partial charge in [0.15, 0.2) is 11.4 Å². The molecule has 19 heavy (non-hydrogen) atoms. The lowest BCUT2D eigenvalue weighted by atomic mass is 10.2. The maximum Gasteiger partial charge on any atom is 0.573 e. The van der Waals surface area contributed by atoms with Crippen molar-refractivity contribution in [3.8, 4) is 5.75 Å². The summed E-state index contributed by atoms with van der Waals surface area (Å²) in [6, 6.07) is 0.487. The van der Waals surface area contributed by atoms with E-state index in [9.17, 15) is 28.1 Å². The van der Waals surface area contributed by atoms with Crippen LogP contribution in [-0.4, -0.2) is 27.3 Å². The molecule has 7 nitrogen and oxygen atoms in total. The molecule has 0 fully saturated rings. The number of aromatic nitrogens is 1. The molecule has 0 aliphatic heterocycles. The fourth-order valence-corrected chi connectivity index (χ4v) is 1.67. The second-order valence-corrected chi connectivity index (χ2v) is 4.19. The molecular formula is C8H4F3IN2O5. The van der Waals surface area contributed by atoms with E-state index in [4.69, 9.17) is 5.11 Å². The Morgan fingerprint density at radius 3 is 2.58 bits per heavy atom. The summed E-state index contributed by atoms with van der Waals surface area (Å²) in [6.07, 6.45) is -5.80. The molecule has 0 aromatic carbocycles. The number of hydrogen-bond donors (Lipinski definition) is 1. The molecule has 0 atom stereocenters. The standard InChI is InChI=1S/C8H4F3IN2O5/c9-8(10,11)19-4-2-5(14(17)18)13-3(7(4)12)1-6(15)16/h2H,1H2,(H,15,16). The second-order valence-electron chi connectivity index (χ2n) is 3.11. The van der Waals surface area contributed by atoms with Crippen molar-refractivity contribution in [1.82, 2.24) is 4.98 Å². The third-order valence-corrected chi connectivity index (χ3v) is 2.87. The van der Waals surface area contributed by atoms with Gasteiger partial charge in [0.25, 0.3) is 0 Å². The minimum absolute atomic E-state index is 0.247. The normalized spacial score (nSPS) is 11.2. The predicted octanol–water partition coefficient (Wildman–Crippen LogP) is 2.12. The van der Waals surface area contributed by atoms with Crippen molar-refractivity contribution >= 4 is 34.4 Å². The second kappa shape index (κ2) is 5.54. The number of carboxylic acid groups (broad SMARTS) is 1. The number of aliphatic carboxylic acids is 1. The number of carbonyl (C=O) groups is 1. The van der Waals surface area contributed by atoms with E-state index < -0.39 is 35.2 Å². The first-order chi connectivity index (χ1) is 8.60. The Balaban J connectivity index is 3.32. The Kier molecular flexibility index (Phi) is 4.49. The topological polar surface area (TPSA) is 103 Å². The van der Waals surface area contributed by atoms with Gasteiger partial charge in [-0.15, -0.1) is 13.2 Å². The lowest BCUT2D eigenvalue weighted by Crippen LogP contribution is -2.19.